The summed E-state index contributed by atoms with van der Waals surface area (Å²) < 4.78 is 5.78. The molecule has 0 aliphatic carbocycles. The fourth-order valence-electron chi connectivity index (χ4n) is 4.40. The first kappa shape index (κ1) is 27.5. The van der Waals surface area contributed by atoms with Gasteiger partial charge in [0, 0.05) is 18.7 Å². The van der Waals surface area contributed by atoms with Crippen LogP contribution in [0, 0.1) is 0 Å². The molecular formula is C33H34N2O4. The number of carboxylic acid groups (broad SMARTS) is 1. The Balaban J connectivity index is 1.25. The Hall–Kier alpha value is -4.58. The Labute approximate surface area is 230 Å². The van der Waals surface area contributed by atoms with Gasteiger partial charge in [0.1, 0.15) is 18.4 Å². The number of nitrogens with zero attached hydrogens (tertiary/aromatic N) is 2. The van der Waals surface area contributed by atoms with Crippen molar-refractivity contribution in [2.45, 2.75) is 26.3 Å². The highest BCUT2D eigenvalue weighted by molar-refractivity contribution is 5.98. The van der Waals surface area contributed by atoms with Crippen molar-refractivity contribution < 1.29 is 19.5 Å². The number of rotatable bonds is 13. The summed E-state index contributed by atoms with van der Waals surface area (Å²) in [5.74, 6) is -0.150. The zero-order valence-corrected chi connectivity index (χ0v) is 22.4. The van der Waals surface area contributed by atoms with Gasteiger partial charge in [-0.2, -0.15) is 0 Å². The van der Waals surface area contributed by atoms with Gasteiger partial charge in [-0.3, -0.25) is 0 Å². The average molecular weight is 523 g/mol. The number of hydrogen-bond donors (Lipinski definition) is 1. The smallest absolute Gasteiger partial charge is 0.326 e. The van der Waals surface area contributed by atoms with Crippen molar-refractivity contribution in [1.82, 2.24) is 0 Å². The third kappa shape index (κ3) is 7.71. The van der Waals surface area contributed by atoms with Crippen molar-refractivity contribution in [1.29, 1.82) is 0 Å². The second-order valence-corrected chi connectivity index (χ2v) is 9.13. The van der Waals surface area contributed by atoms with E-state index in [1.165, 1.54) is 5.56 Å². The molecule has 4 aromatic rings. The van der Waals surface area contributed by atoms with Crippen LogP contribution in [0.4, 0.5) is 5.69 Å². The van der Waals surface area contributed by atoms with Crippen LogP contribution >= 0.6 is 0 Å². The van der Waals surface area contributed by atoms with E-state index < -0.39 is 12.0 Å². The zero-order chi connectivity index (χ0) is 27.5. The molecule has 4 rings (SSSR count). The normalized spacial score (nSPS) is 12.0. The molecule has 1 unspecified atom stereocenters. The Kier molecular flexibility index (Phi) is 9.73. The number of carboxylic acids is 1. The third-order valence-corrected chi connectivity index (χ3v) is 6.50. The van der Waals surface area contributed by atoms with Crippen molar-refractivity contribution in [2.24, 2.45) is 5.16 Å². The van der Waals surface area contributed by atoms with Crippen molar-refractivity contribution in [2.75, 3.05) is 24.7 Å². The van der Waals surface area contributed by atoms with Gasteiger partial charge in [-0.15, -0.1) is 0 Å². The summed E-state index contributed by atoms with van der Waals surface area (Å²) in [7, 11) is 0. The van der Waals surface area contributed by atoms with Crippen LogP contribution < -0.4 is 9.64 Å². The molecule has 6 nitrogen and oxygen atoms in total. The highest BCUT2D eigenvalue weighted by Crippen LogP contribution is 2.21. The topological polar surface area (TPSA) is 71.4 Å². The van der Waals surface area contributed by atoms with E-state index in [4.69, 9.17) is 9.57 Å². The maximum Gasteiger partial charge on any atom is 0.326 e. The lowest BCUT2D eigenvalue weighted by Gasteiger charge is -2.30. The van der Waals surface area contributed by atoms with Crippen molar-refractivity contribution in [3.8, 4) is 16.9 Å². The van der Waals surface area contributed by atoms with Gasteiger partial charge in [0.2, 0.25) is 0 Å². The standard InChI is InChI=1S/C33H34N2O4/c1-3-35(30-12-8-5-9-13-30)32(33(36)37)24-26-14-20-31(21-15-26)38-22-23-39-34-25(2)27-16-18-29(19-17-27)28-10-6-4-7-11-28/h4-21,32H,3,22-24H2,1-2H3,(H,36,37). The molecular weight excluding hydrogens is 488 g/mol. The van der Waals surface area contributed by atoms with Crippen molar-refractivity contribution >= 4 is 17.4 Å². The van der Waals surface area contributed by atoms with E-state index in [9.17, 15) is 9.90 Å². The number of anilines is 1. The predicted molar refractivity (Wildman–Crippen MR) is 157 cm³/mol. The van der Waals surface area contributed by atoms with Gasteiger partial charge >= 0.3 is 5.97 Å². The zero-order valence-electron chi connectivity index (χ0n) is 22.4. The lowest BCUT2D eigenvalue weighted by Crippen LogP contribution is -2.42. The number of likely N-dealkylation sites (N-methyl/N-ethyl adjacent to an activating group) is 1. The Morgan fingerprint density at radius 2 is 1.44 bits per heavy atom. The molecule has 0 radical (unpaired) electrons. The fraction of sp³-hybridized carbons (Fsp3) is 0.212. The highest BCUT2D eigenvalue weighted by atomic mass is 16.6. The first-order valence-electron chi connectivity index (χ1n) is 13.1. The van der Waals surface area contributed by atoms with Crippen LogP contribution in [0.5, 0.6) is 5.75 Å². The largest absolute Gasteiger partial charge is 0.490 e. The summed E-state index contributed by atoms with van der Waals surface area (Å²) in [4.78, 5) is 19.4. The van der Waals surface area contributed by atoms with Gasteiger partial charge in [0.05, 0.1) is 5.71 Å². The summed E-state index contributed by atoms with van der Waals surface area (Å²) in [5, 5.41) is 14.1. The molecule has 0 bridgehead atoms. The van der Waals surface area contributed by atoms with E-state index in [2.05, 4.69) is 29.4 Å². The predicted octanol–water partition coefficient (Wildman–Crippen LogP) is 6.70. The third-order valence-electron chi connectivity index (χ3n) is 6.50. The first-order chi connectivity index (χ1) is 19.0. The van der Waals surface area contributed by atoms with Gasteiger partial charge in [0.15, 0.2) is 6.61 Å². The van der Waals surface area contributed by atoms with E-state index in [0.717, 1.165) is 28.1 Å². The first-order valence-corrected chi connectivity index (χ1v) is 13.1. The minimum absolute atomic E-state index is 0.310. The molecule has 0 fully saturated rings. The molecule has 6 heteroatoms. The summed E-state index contributed by atoms with van der Waals surface area (Å²) in [6, 6.07) is 35.0. The molecule has 0 spiro atoms. The quantitative estimate of drug-likeness (QED) is 0.120. The lowest BCUT2D eigenvalue weighted by molar-refractivity contribution is -0.138. The summed E-state index contributed by atoms with van der Waals surface area (Å²) >= 11 is 0. The van der Waals surface area contributed by atoms with Crippen molar-refractivity contribution in [3.05, 3.63) is 120 Å². The van der Waals surface area contributed by atoms with Crippen molar-refractivity contribution in [3.63, 3.8) is 0 Å². The minimum Gasteiger partial charge on any atom is -0.490 e. The number of para-hydroxylation sites is 1. The van der Waals surface area contributed by atoms with Gasteiger partial charge < -0.3 is 19.6 Å². The van der Waals surface area contributed by atoms with Gasteiger partial charge in [-0.25, -0.2) is 4.79 Å². The van der Waals surface area contributed by atoms with Gasteiger partial charge in [-0.05, 0) is 60.4 Å². The Morgan fingerprint density at radius 1 is 0.821 bits per heavy atom. The minimum atomic E-state index is -0.846. The molecule has 0 heterocycles. The van der Waals surface area contributed by atoms with E-state index in [0.29, 0.717) is 31.9 Å². The van der Waals surface area contributed by atoms with Gasteiger partial charge in [-0.1, -0.05) is 90.1 Å². The van der Waals surface area contributed by atoms with E-state index >= 15 is 0 Å². The average Bonchev–Trinajstić information content (AvgIpc) is 2.98. The van der Waals surface area contributed by atoms with E-state index in [1.54, 1.807) is 0 Å². The maximum absolute atomic E-state index is 12.1. The molecule has 200 valence electrons. The summed E-state index contributed by atoms with van der Waals surface area (Å²) in [6.07, 6.45) is 0.391. The lowest BCUT2D eigenvalue weighted by atomic mass is 10.0. The number of hydrogen-bond acceptors (Lipinski definition) is 5. The molecule has 0 saturated carbocycles. The van der Waals surface area contributed by atoms with Crippen LogP contribution in [0.25, 0.3) is 11.1 Å². The second kappa shape index (κ2) is 13.8. The fourth-order valence-corrected chi connectivity index (χ4v) is 4.40. The van der Waals surface area contributed by atoms with Gasteiger partial charge in [0.25, 0.3) is 0 Å². The molecule has 39 heavy (non-hydrogen) atoms. The summed E-state index contributed by atoms with van der Waals surface area (Å²) in [6.45, 7) is 5.14. The van der Waals surface area contributed by atoms with Crippen LogP contribution in [-0.4, -0.2) is 42.6 Å². The molecule has 1 atom stereocenters. The van der Waals surface area contributed by atoms with E-state index in [1.807, 2.05) is 104 Å². The van der Waals surface area contributed by atoms with Crippen LogP contribution in [0.3, 0.4) is 0 Å². The number of carbonyl (C=O) groups is 1. The molecule has 1 N–H and O–H groups in total. The van der Waals surface area contributed by atoms with Crippen LogP contribution in [0.15, 0.2) is 114 Å². The SMILES string of the molecule is CCN(c1ccccc1)C(Cc1ccc(OCCON=C(C)c2ccc(-c3ccccc3)cc2)cc1)C(=O)O. The number of oxime groups is 1. The van der Waals surface area contributed by atoms with Crippen LogP contribution in [0.2, 0.25) is 0 Å². The molecule has 0 aliphatic heterocycles. The molecule has 0 saturated heterocycles. The monoisotopic (exact) mass is 522 g/mol. The van der Waals surface area contributed by atoms with Crippen LogP contribution in [0.1, 0.15) is 25.0 Å². The molecule has 0 aliphatic rings. The molecule has 0 aromatic heterocycles. The maximum atomic E-state index is 12.1. The Bertz CT molecular complexity index is 1340. The molecule has 4 aromatic carbocycles. The number of aliphatic carboxylic acids is 1. The number of benzene rings is 4. The summed E-state index contributed by atoms with van der Waals surface area (Å²) in [5.41, 5.74) is 5.96. The number of ether oxygens (including phenoxy) is 1. The second-order valence-electron chi connectivity index (χ2n) is 9.13. The highest BCUT2D eigenvalue weighted by Gasteiger charge is 2.25. The van der Waals surface area contributed by atoms with Crippen LogP contribution in [-0.2, 0) is 16.1 Å². The molecule has 0 amide bonds. The van der Waals surface area contributed by atoms with E-state index in [-0.39, 0.29) is 0 Å². The Morgan fingerprint density at radius 3 is 2.05 bits per heavy atom.